The summed E-state index contributed by atoms with van der Waals surface area (Å²) in [5, 5.41) is 0.356. The highest BCUT2D eigenvalue weighted by Crippen LogP contribution is 2.50. The number of halogens is 1. The standard InChI is InChI=1S/C37H65ClO4Si2/c1-13-14-17-21-32(41-43(9,10)36(2,3)4)28-23-25-29(26-24-28)35-30(20-18-15-16-19-22-34(39)40-8)31(38)27-33(35)42-44(11,12)37(5,6)7/h15,18,23-26,30-33,35H,13-14,16-17,19-22,27H2,1-12H3/b18-15-/t30?,31-,32?,33+,35+/m0/s1. The van der Waals surface area contributed by atoms with Crippen LogP contribution in [0.3, 0.4) is 0 Å². The van der Waals surface area contributed by atoms with Gasteiger partial charge in [-0.05, 0) is 85.4 Å². The van der Waals surface area contributed by atoms with E-state index in [9.17, 15) is 4.79 Å². The number of methoxy groups -OCH3 is 1. The molecular formula is C37H65ClO4Si2. The number of ether oxygens (including phenoxy) is 1. The number of benzene rings is 1. The molecule has 1 saturated carbocycles. The van der Waals surface area contributed by atoms with Gasteiger partial charge in [0.2, 0.25) is 0 Å². The van der Waals surface area contributed by atoms with Crippen molar-refractivity contribution >= 4 is 34.2 Å². The SMILES string of the molecule is CCCCCC(O[Si](C)(C)C(C)(C)C)c1ccc([C@@H]2C(C/C=C\CCCC(=O)OC)[C@@H](Cl)C[C@H]2O[Si](C)(C)C(C)(C)C)cc1. The summed E-state index contributed by atoms with van der Waals surface area (Å²) in [7, 11) is -2.47. The lowest BCUT2D eigenvalue weighted by Crippen LogP contribution is -2.44. The second-order valence-corrected chi connectivity index (χ2v) is 26.1. The van der Waals surface area contributed by atoms with Crippen LogP contribution in [0.5, 0.6) is 0 Å². The topological polar surface area (TPSA) is 44.8 Å². The highest BCUT2D eigenvalue weighted by molar-refractivity contribution is 6.74. The summed E-state index contributed by atoms with van der Waals surface area (Å²) in [6.07, 6.45) is 13.3. The molecule has 0 heterocycles. The van der Waals surface area contributed by atoms with Gasteiger partial charge in [0.05, 0.1) is 19.3 Å². The van der Waals surface area contributed by atoms with E-state index in [4.69, 9.17) is 25.2 Å². The van der Waals surface area contributed by atoms with E-state index in [1.54, 1.807) is 0 Å². The summed E-state index contributed by atoms with van der Waals surface area (Å²) in [5.74, 6) is 0.379. The van der Waals surface area contributed by atoms with Crippen LogP contribution in [0, 0.1) is 5.92 Å². The van der Waals surface area contributed by atoms with Gasteiger partial charge in [-0.2, -0.15) is 0 Å². The molecule has 252 valence electrons. The molecule has 1 fully saturated rings. The van der Waals surface area contributed by atoms with Crippen molar-refractivity contribution in [3.05, 3.63) is 47.5 Å². The monoisotopic (exact) mass is 664 g/mol. The van der Waals surface area contributed by atoms with E-state index in [0.717, 1.165) is 32.1 Å². The molecule has 1 aromatic rings. The Kier molecular flexibility index (Phi) is 15.0. The second-order valence-electron chi connectivity index (χ2n) is 16.1. The fraction of sp³-hybridized carbons (Fsp3) is 0.757. The van der Waals surface area contributed by atoms with Crippen LogP contribution in [-0.4, -0.2) is 41.2 Å². The predicted octanol–water partition coefficient (Wildman–Crippen LogP) is 11.7. The fourth-order valence-corrected chi connectivity index (χ4v) is 8.76. The Bertz CT molecular complexity index is 1040. The smallest absolute Gasteiger partial charge is 0.305 e. The molecule has 0 aliphatic heterocycles. The number of carbonyl (C=O) groups is 1. The minimum Gasteiger partial charge on any atom is -0.469 e. The zero-order valence-corrected chi connectivity index (χ0v) is 33.0. The molecule has 7 heteroatoms. The average Bonchev–Trinajstić information content (AvgIpc) is 3.22. The summed E-state index contributed by atoms with van der Waals surface area (Å²) >= 11 is 7.15. The number of hydrogen-bond donors (Lipinski definition) is 0. The molecule has 44 heavy (non-hydrogen) atoms. The van der Waals surface area contributed by atoms with Crippen molar-refractivity contribution in [2.75, 3.05) is 7.11 Å². The van der Waals surface area contributed by atoms with Gasteiger partial charge in [-0.15, -0.1) is 11.6 Å². The maximum absolute atomic E-state index is 11.5. The fourth-order valence-electron chi connectivity index (χ4n) is 5.65. The molecule has 2 unspecified atom stereocenters. The Labute approximate surface area is 278 Å². The molecule has 1 aliphatic carbocycles. The van der Waals surface area contributed by atoms with Crippen LogP contribution in [0.2, 0.25) is 36.3 Å². The first-order valence-corrected chi connectivity index (χ1v) is 23.4. The summed E-state index contributed by atoms with van der Waals surface area (Å²) in [6.45, 7) is 25.6. The zero-order valence-electron chi connectivity index (χ0n) is 30.2. The van der Waals surface area contributed by atoms with Crippen molar-refractivity contribution in [2.24, 2.45) is 5.92 Å². The Hall–Kier alpha value is -0.926. The molecule has 4 nitrogen and oxygen atoms in total. The van der Waals surface area contributed by atoms with Gasteiger partial charge in [-0.25, -0.2) is 0 Å². The Morgan fingerprint density at radius 3 is 2.11 bits per heavy atom. The molecule has 1 aromatic carbocycles. The van der Waals surface area contributed by atoms with Crippen LogP contribution in [0.4, 0.5) is 0 Å². The Balaban J connectivity index is 2.37. The van der Waals surface area contributed by atoms with E-state index in [1.165, 1.54) is 37.5 Å². The molecule has 5 atom stereocenters. The number of alkyl halides is 1. The van der Waals surface area contributed by atoms with Crippen molar-refractivity contribution in [1.82, 2.24) is 0 Å². The lowest BCUT2D eigenvalue weighted by Gasteiger charge is -2.40. The van der Waals surface area contributed by atoms with Gasteiger partial charge in [0, 0.05) is 17.7 Å². The van der Waals surface area contributed by atoms with E-state index < -0.39 is 16.6 Å². The molecule has 0 bridgehead atoms. The average molecular weight is 666 g/mol. The molecule has 0 aromatic heterocycles. The van der Waals surface area contributed by atoms with Gasteiger partial charge in [0.1, 0.15) is 0 Å². The van der Waals surface area contributed by atoms with Gasteiger partial charge in [-0.1, -0.05) is 104 Å². The van der Waals surface area contributed by atoms with Gasteiger partial charge in [0.25, 0.3) is 0 Å². The molecule has 0 N–H and O–H groups in total. The highest BCUT2D eigenvalue weighted by Gasteiger charge is 2.48. The Morgan fingerprint density at radius 2 is 1.57 bits per heavy atom. The third-order valence-electron chi connectivity index (χ3n) is 10.6. The highest BCUT2D eigenvalue weighted by atomic mass is 35.5. The van der Waals surface area contributed by atoms with Crippen molar-refractivity contribution in [2.45, 2.75) is 166 Å². The van der Waals surface area contributed by atoms with E-state index in [1.807, 2.05) is 0 Å². The van der Waals surface area contributed by atoms with Gasteiger partial charge in [-0.3, -0.25) is 4.79 Å². The summed E-state index contributed by atoms with van der Waals surface area (Å²) in [4.78, 5) is 11.5. The molecule has 0 spiro atoms. The first-order valence-electron chi connectivity index (χ1n) is 17.2. The van der Waals surface area contributed by atoms with E-state index >= 15 is 0 Å². The zero-order chi connectivity index (χ0) is 33.3. The van der Waals surface area contributed by atoms with E-state index in [0.29, 0.717) is 6.42 Å². The third kappa shape index (κ3) is 11.1. The Morgan fingerprint density at radius 1 is 0.955 bits per heavy atom. The predicted molar refractivity (Wildman–Crippen MR) is 194 cm³/mol. The van der Waals surface area contributed by atoms with Crippen molar-refractivity contribution < 1.29 is 18.4 Å². The molecule has 0 radical (unpaired) electrons. The lowest BCUT2D eigenvalue weighted by atomic mass is 9.84. The summed E-state index contributed by atoms with van der Waals surface area (Å²) in [5.41, 5.74) is 2.61. The van der Waals surface area contributed by atoms with Crippen LogP contribution in [0.1, 0.15) is 129 Å². The van der Waals surface area contributed by atoms with E-state index in [-0.39, 0.29) is 45.5 Å². The minimum atomic E-state index is -2.00. The first-order chi connectivity index (χ1) is 20.3. The number of carbonyl (C=O) groups excluding carboxylic acids is 1. The maximum atomic E-state index is 11.5. The molecular weight excluding hydrogens is 600 g/mol. The van der Waals surface area contributed by atoms with Gasteiger partial charge in [0.15, 0.2) is 16.6 Å². The second kappa shape index (κ2) is 16.8. The van der Waals surface area contributed by atoms with Crippen LogP contribution in [0.15, 0.2) is 36.4 Å². The largest absolute Gasteiger partial charge is 0.469 e. The number of unbranched alkanes of at least 4 members (excludes halogenated alkanes) is 3. The van der Waals surface area contributed by atoms with Crippen molar-refractivity contribution in [3.63, 3.8) is 0 Å². The molecule has 0 saturated heterocycles. The molecule has 2 rings (SSSR count). The van der Waals surface area contributed by atoms with Crippen LogP contribution < -0.4 is 0 Å². The number of rotatable bonds is 16. The van der Waals surface area contributed by atoms with Crippen molar-refractivity contribution in [3.8, 4) is 0 Å². The van der Waals surface area contributed by atoms with E-state index in [2.05, 4.69) is 111 Å². The lowest BCUT2D eigenvalue weighted by molar-refractivity contribution is -0.140. The maximum Gasteiger partial charge on any atom is 0.305 e. The van der Waals surface area contributed by atoms with Gasteiger partial charge >= 0.3 is 5.97 Å². The van der Waals surface area contributed by atoms with Crippen LogP contribution in [-0.2, 0) is 18.4 Å². The summed E-state index contributed by atoms with van der Waals surface area (Å²) in [6, 6.07) is 9.32. The number of esters is 1. The van der Waals surface area contributed by atoms with Gasteiger partial charge < -0.3 is 13.6 Å². The van der Waals surface area contributed by atoms with Crippen molar-refractivity contribution in [1.29, 1.82) is 0 Å². The van der Waals surface area contributed by atoms with Crippen LogP contribution in [0.25, 0.3) is 0 Å². The quantitative estimate of drug-likeness (QED) is 0.0580. The third-order valence-corrected chi connectivity index (χ3v) is 20.1. The molecule has 1 aliphatic rings. The van der Waals surface area contributed by atoms with Crippen LogP contribution >= 0.6 is 11.6 Å². The summed E-state index contributed by atoms with van der Waals surface area (Å²) < 4.78 is 18.9. The number of hydrogen-bond acceptors (Lipinski definition) is 4. The molecule has 0 amide bonds. The normalized spacial score (nSPS) is 22.5. The minimum absolute atomic E-state index is 0.0536. The number of allylic oxidation sites excluding steroid dienone is 2. The first kappa shape index (κ1) is 39.3.